The second kappa shape index (κ2) is 26.2. The smallest absolute Gasteiger partial charge is 0.496 e. The number of esters is 1. The fourth-order valence-electron chi connectivity index (χ4n) is 7.62. The monoisotopic (exact) mass is 1200 g/mol. The van der Waals surface area contributed by atoms with Crippen molar-refractivity contribution >= 4 is 63.7 Å². The lowest BCUT2D eigenvalue weighted by atomic mass is 9.80. The highest BCUT2D eigenvalue weighted by Crippen LogP contribution is 2.37. The number of nitrogens with zero attached hydrogens (tertiary/aromatic N) is 10. The molecule has 1 fully saturated rings. The number of aromatic nitrogens is 10. The molecule has 0 unspecified atom stereocenters. The number of rotatable bonds is 17. The average molecular weight is 1200 g/mol. The predicted octanol–water partition coefficient (Wildman–Crippen LogP) is 10.4. The second-order valence-corrected chi connectivity index (χ2v) is 19.5. The quantitative estimate of drug-likeness (QED) is 0.0435. The molecule has 0 amide bonds. The summed E-state index contributed by atoms with van der Waals surface area (Å²) in [5, 5.41) is 23.3. The molecule has 0 saturated carbocycles. The molecule has 82 heavy (non-hydrogen) atoms. The van der Waals surface area contributed by atoms with Crippen LogP contribution in [0.15, 0.2) is 102 Å². The van der Waals surface area contributed by atoms with Gasteiger partial charge in [0, 0.05) is 113 Å². The van der Waals surface area contributed by atoms with Crippen molar-refractivity contribution in [2.24, 2.45) is 0 Å². The van der Waals surface area contributed by atoms with Gasteiger partial charge in [-0.05, 0) is 88.7 Å². The molecule has 8 aromatic rings. The molecule has 7 heterocycles. The molecule has 28 heteroatoms. The van der Waals surface area contributed by atoms with Crippen LogP contribution in [0.4, 0.5) is 40.8 Å². The van der Waals surface area contributed by atoms with Crippen LogP contribution < -0.4 is 35.0 Å². The number of ether oxygens (including phenoxy) is 5. The zero-order valence-corrected chi connectivity index (χ0v) is 47.7. The number of pyridine rings is 2. The van der Waals surface area contributed by atoms with Crippen molar-refractivity contribution in [1.29, 1.82) is 0 Å². The number of benzene rings is 2. The molecular formula is C54H56BBrF4N12O10. The summed E-state index contributed by atoms with van der Waals surface area (Å²) in [5.41, 5.74) is 2.35. The summed E-state index contributed by atoms with van der Waals surface area (Å²) in [6.45, 7) is 13.3. The highest BCUT2D eigenvalue weighted by molar-refractivity contribution is 9.10. The second-order valence-electron chi connectivity index (χ2n) is 18.7. The van der Waals surface area contributed by atoms with E-state index in [2.05, 4.69) is 66.7 Å². The number of carboxylic acids is 1. The maximum Gasteiger partial charge on any atom is 0.496 e. The van der Waals surface area contributed by atoms with E-state index in [1.807, 2.05) is 27.7 Å². The van der Waals surface area contributed by atoms with E-state index in [-0.39, 0.29) is 29.0 Å². The maximum atomic E-state index is 13.3. The maximum absolute atomic E-state index is 13.3. The first-order valence-corrected chi connectivity index (χ1v) is 25.5. The zero-order valence-electron chi connectivity index (χ0n) is 46.2. The Morgan fingerprint density at radius 1 is 0.646 bits per heavy atom. The molecule has 3 N–H and O–H groups in total. The van der Waals surface area contributed by atoms with Gasteiger partial charge in [0.1, 0.15) is 34.4 Å². The molecule has 6 aromatic heterocycles. The molecule has 1 saturated heterocycles. The van der Waals surface area contributed by atoms with Crippen LogP contribution in [-0.4, -0.2) is 120 Å². The molecule has 0 bridgehead atoms. The van der Waals surface area contributed by atoms with E-state index in [0.29, 0.717) is 84.8 Å². The Morgan fingerprint density at radius 2 is 1.11 bits per heavy atom. The Bertz CT molecular complexity index is 3510. The summed E-state index contributed by atoms with van der Waals surface area (Å²) in [6, 6.07) is 16.0. The Balaban J connectivity index is 0.000000184. The third-order valence-electron chi connectivity index (χ3n) is 12.5. The highest BCUT2D eigenvalue weighted by Gasteiger charge is 2.52. The first-order valence-electron chi connectivity index (χ1n) is 24.7. The Kier molecular flexibility index (Phi) is 19.5. The zero-order chi connectivity index (χ0) is 59.6. The van der Waals surface area contributed by atoms with Crippen LogP contribution in [0, 0.1) is 13.8 Å². The molecule has 9 rings (SSSR count). The number of hydrogen-bond acceptors (Lipinski definition) is 19. The van der Waals surface area contributed by atoms with E-state index in [1.54, 1.807) is 83.7 Å². The topological polar surface area (TPSA) is 256 Å². The van der Waals surface area contributed by atoms with Crippen LogP contribution in [0.1, 0.15) is 91.0 Å². The molecular weight excluding hydrogens is 1140 g/mol. The summed E-state index contributed by atoms with van der Waals surface area (Å²) in [4.78, 5) is 48.6. The number of alkyl halides is 4. The van der Waals surface area contributed by atoms with E-state index in [4.69, 9.17) is 33.0 Å². The number of halogens is 5. The van der Waals surface area contributed by atoms with E-state index < -0.39 is 48.8 Å². The number of aryl methyl sites for hydroxylation is 2. The van der Waals surface area contributed by atoms with Crippen LogP contribution in [-0.2, 0) is 14.0 Å². The van der Waals surface area contributed by atoms with Gasteiger partial charge in [0.25, 0.3) is 12.9 Å². The van der Waals surface area contributed by atoms with Crippen molar-refractivity contribution in [2.75, 3.05) is 45.7 Å². The number of carboxylic acid groups (broad SMARTS) is 1. The SMILES string of the molecule is CCOC(=O)c1cncc(B2OC(C)(C)C(C)(C)O2)c1.COc1cc(Nc2ncc(-c3cncc(C(=O)O)c3)c(-n3nc(C(F)F)cc3C)n2)cc(OC)c1.COc1cc(Nc2ncc(Br)c(-n3nc(C(F)F)cc3C)n2)cc(OC)c1. The largest absolute Gasteiger partial charge is 0.497 e. The van der Waals surface area contributed by atoms with Gasteiger partial charge in [-0.1, -0.05) is 0 Å². The van der Waals surface area contributed by atoms with E-state index >= 15 is 0 Å². The Hall–Kier alpha value is -8.76. The normalized spacial score (nSPS) is 13.1. The van der Waals surface area contributed by atoms with Crippen LogP contribution in [0.5, 0.6) is 23.0 Å². The van der Waals surface area contributed by atoms with Crippen LogP contribution in [0.3, 0.4) is 0 Å². The molecule has 0 spiro atoms. The number of carbonyl (C=O) groups excluding carboxylic acids is 1. The van der Waals surface area contributed by atoms with Gasteiger partial charge in [-0.15, -0.1) is 0 Å². The Labute approximate surface area is 476 Å². The number of carbonyl (C=O) groups is 2. The highest BCUT2D eigenvalue weighted by atomic mass is 79.9. The van der Waals surface area contributed by atoms with Crippen LogP contribution in [0.25, 0.3) is 22.8 Å². The minimum atomic E-state index is -2.78. The van der Waals surface area contributed by atoms with Gasteiger partial charge in [-0.2, -0.15) is 20.2 Å². The van der Waals surface area contributed by atoms with Gasteiger partial charge in [0.05, 0.1) is 61.8 Å². The van der Waals surface area contributed by atoms with Crippen molar-refractivity contribution in [2.45, 2.75) is 72.5 Å². The molecule has 1 aliphatic rings. The molecule has 0 radical (unpaired) electrons. The van der Waals surface area contributed by atoms with Gasteiger partial charge in [0.15, 0.2) is 11.6 Å². The summed E-state index contributed by atoms with van der Waals surface area (Å²) < 4.78 is 93.5. The number of aromatic carboxylic acids is 1. The molecule has 22 nitrogen and oxygen atoms in total. The van der Waals surface area contributed by atoms with Gasteiger partial charge in [-0.25, -0.2) is 46.5 Å². The molecule has 0 atom stereocenters. The number of hydrogen-bond donors (Lipinski definition) is 3. The third kappa shape index (κ3) is 14.6. The van der Waals surface area contributed by atoms with Crippen LogP contribution >= 0.6 is 15.9 Å². The van der Waals surface area contributed by atoms with E-state index in [1.165, 1.54) is 72.8 Å². The number of methoxy groups -OCH3 is 4. The third-order valence-corrected chi connectivity index (χ3v) is 13.0. The lowest BCUT2D eigenvalue weighted by Gasteiger charge is -2.32. The molecule has 1 aliphatic heterocycles. The van der Waals surface area contributed by atoms with E-state index in [9.17, 15) is 32.3 Å². The van der Waals surface area contributed by atoms with Crippen LogP contribution in [0.2, 0.25) is 0 Å². The van der Waals surface area contributed by atoms with Crippen molar-refractivity contribution in [1.82, 2.24) is 49.5 Å². The molecule has 430 valence electrons. The minimum absolute atomic E-state index is 0.0513. The van der Waals surface area contributed by atoms with E-state index in [0.717, 1.165) is 0 Å². The first kappa shape index (κ1) is 60.9. The van der Waals surface area contributed by atoms with Crippen molar-refractivity contribution in [3.05, 3.63) is 136 Å². The van der Waals surface area contributed by atoms with Gasteiger partial charge < -0.3 is 48.7 Å². The summed E-state index contributed by atoms with van der Waals surface area (Å²) in [5.74, 6) is 1.59. The van der Waals surface area contributed by atoms with Gasteiger partial charge in [0.2, 0.25) is 11.9 Å². The fourth-order valence-corrected chi connectivity index (χ4v) is 7.98. The van der Waals surface area contributed by atoms with Crippen molar-refractivity contribution in [3.8, 4) is 45.8 Å². The minimum Gasteiger partial charge on any atom is -0.497 e. The summed E-state index contributed by atoms with van der Waals surface area (Å²) in [7, 11) is 5.61. The molecule has 2 aromatic carbocycles. The fraction of sp³-hybridized carbons (Fsp3) is 0.296. The van der Waals surface area contributed by atoms with Crippen molar-refractivity contribution < 1.29 is 65.3 Å². The number of nitrogens with one attached hydrogen (secondary N) is 2. The Morgan fingerprint density at radius 3 is 1.57 bits per heavy atom. The average Bonchev–Trinajstić information content (AvgIpc) is 4.20. The standard InChI is InChI=1S/C23H20F2N6O4.C17H16BrF2N5O2.C14H20BNO4/c1-12-4-19(20(24)25)30-31(12)21-18(13-5-14(22(32)33)10-26-9-13)11-27-23(29-21)28-15-6-16(34-2)8-17(7-15)35-3;1-9-4-14(15(19)20)24-25(9)16-13(18)8-21-17(23-16)22-10-5-11(26-2)7-12(6-10)27-3;1-6-18-12(17)10-7-11(9-16-8-10)15-19-13(2,3)14(4,5)20-15/h4-11,20H,1-3H3,(H,32,33)(H,27,28,29);4-8,15H,1-3H3,(H,21,22,23);7-9H,6H2,1-5H3. The lowest BCUT2D eigenvalue weighted by molar-refractivity contribution is 0.00578. The lowest BCUT2D eigenvalue weighted by Crippen LogP contribution is -2.41. The van der Waals surface area contributed by atoms with Gasteiger partial charge >= 0.3 is 19.1 Å². The first-order chi connectivity index (χ1) is 39.0. The summed E-state index contributed by atoms with van der Waals surface area (Å²) >= 11 is 3.34. The number of anilines is 4. The van der Waals surface area contributed by atoms with Gasteiger partial charge in [-0.3, -0.25) is 9.97 Å². The van der Waals surface area contributed by atoms with Crippen molar-refractivity contribution in [3.63, 3.8) is 0 Å². The predicted molar refractivity (Wildman–Crippen MR) is 297 cm³/mol. The molecule has 0 aliphatic carbocycles. The summed E-state index contributed by atoms with van der Waals surface area (Å²) in [6.07, 6.45) is 3.27.